The number of halogens is 1. The lowest BCUT2D eigenvalue weighted by Crippen LogP contribution is -2.62. The summed E-state index contributed by atoms with van der Waals surface area (Å²) in [6, 6.07) is 12.6. The van der Waals surface area contributed by atoms with Crippen molar-refractivity contribution in [2.24, 2.45) is 17.8 Å². The van der Waals surface area contributed by atoms with Crippen molar-refractivity contribution in [3.8, 4) is 5.75 Å². The number of nitrogens with one attached hydrogen (secondary N) is 1. The first kappa shape index (κ1) is 38.6. The molecule has 1 saturated heterocycles. The normalized spacial score (nSPS) is 35.6. The van der Waals surface area contributed by atoms with Crippen LogP contribution in [0.1, 0.15) is 88.2 Å². The van der Waals surface area contributed by atoms with Crippen LogP contribution in [0.2, 0.25) is 5.02 Å². The number of benzene rings is 2. The lowest BCUT2D eigenvalue weighted by Gasteiger charge is -2.53. The molecule has 3 heterocycles. The number of rotatable bonds is 4. The number of carbonyl (C=O) groups excluding carboxylic acids is 1. The van der Waals surface area contributed by atoms with Crippen molar-refractivity contribution < 1.29 is 22.7 Å². The van der Waals surface area contributed by atoms with E-state index in [1.165, 1.54) is 11.1 Å². The molecule has 1 amide bonds. The molecule has 0 radical (unpaired) electrons. The third kappa shape index (κ3) is 7.40. The number of aryl methyl sites for hydroxylation is 1. The van der Waals surface area contributed by atoms with Crippen molar-refractivity contribution in [3.05, 3.63) is 70.3 Å². The maximum Gasteiger partial charge on any atom is 0.264 e. The Bertz CT molecular complexity index is 1810. The predicted molar refractivity (Wildman–Crippen MR) is 213 cm³/mol. The van der Waals surface area contributed by atoms with Gasteiger partial charge in [0.05, 0.1) is 17.5 Å². The van der Waals surface area contributed by atoms with E-state index in [9.17, 15) is 13.2 Å². The number of nitrogens with zero attached hydrogens (tertiary/aromatic N) is 3. The van der Waals surface area contributed by atoms with Crippen LogP contribution >= 0.6 is 11.6 Å². The second-order valence-electron chi connectivity index (χ2n) is 16.9. The maximum absolute atomic E-state index is 13.7. The molecule has 3 aliphatic heterocycles. The number of carbonyl (C=O) groups is 1. The third-order valence-electron chi connectivity index (χ3n) is 13.6. The fourth-order valence-corrected chi connectivity index (χ4v) is 11.9. The van der Waals surface area contributed by atoms with Gasteiger partial charge in [-0.1, -0.05) is 43.7 Å². The van der Waals surface area contributed by atoms with E-state index in [1.54, 1.807) is 13.0 Å². The summed E-state index contributed by atoms with van der Waals surface area (Å²) < 4.78 is 43.1. The number of hydrogen-bond donors (Lipinski definition) is 1. The zero-order valence-corrected chi connectivity index (χ0v) is 34.0. The smallest absolute Gasteiger partial charge is 0.264 e. The molecule has 2 aromatic carbocycles. The topological polar surface area (TPSA) is 91.4 Å². The average Bonchev–Trinajstić information content (AvgIpc) is 3.25. The molecule has 11 heteroatoms. The highest BCUT2D eigenvalue weighted by Gasteiger charge is 2.50. The Morgan fingerprint density at radius 1 is 1.04 bits per heavy atom. The van der Waals surface area contributed by atoms with E-state index in [0.717, 1.165) is 87.8 Å². The third-order valence-corrected chi connectivity index (χ3v) is 15.8. The summed E-state index contributed by atoms with van der Waals surface area (Å²) in [7, 11) is -2.09. The van der Waals surface area contributed by atoms with Gasteiger partial charge < -0.3 is 14.4 Å². The molecule has 2 aliphatic carbocycles. The predicted octanol–water partition coefficient (Wildman–Crippen LogP) is 6.68. The van der Waals surface area contributed by atoms with Gasteiger partial charge in [0, 0.05) is 67.9 Å². The minimum atomic E-state index is -3.96. The van der Waals surface area contributed by atoms with Gasteiger partial charge in [-0.05, 0) is 125 Å². The molecule has 7 rings (SSSR count). The van der Waals surface area contributed by atoms with E-state index in [4.69, 9.17) is 21.1 Å². The van der Waals surface area contributed by atoms with Gasteiger partial charge in [-0.15, -0.1) is 0 Å². The summed E-state index contributed by atoms with van der Waals surface area (Å²) in [5.41, 5.74) is 2.91. The highest BCUT2D eigenvalue weighted by Crippen LogP contribution is 2.49. The lowest BCUT2D eigenvalue weighted by molar-refractivity contribution is -0.102. The molecule has 2 aromatic rings. The van der Waals surface area contributed by atoms with Gasteiger partial charge in [0.25, 0.3) is 5.91 Å². The molecule has 2 fully saturated rings. The van der Waals surface area contributed by atoms with Crippen molar-refractivity contribution in [1.29, 1.82) is 0 Å². The van der Waals surface area contributed by atoms with Crippen LogP contribution in [0.25, 0.3) is 0 Å². The Morgan fingerprint density at radius 3 is 2.51 bits per heavy atom. The summed E-state index contributed by atoms with van der Waals surface area (Å²) >= 11 is 6.51. The molecule has 1 N–H and O–H groups in total. The SMILES string of the molecule is CCN1[C@H](C)CN(C[C@@]2(OC)/C=C\C[C@H](C)[C@@H](C)S(=O)(=O)NC(=O)c3ccc4c(c3)N(C[C@@H]3CC[C@H]32)C[C@@]2(CCCc3cc(Cl)ccc32)CO4)C[C@@H]1C. The fraction of sp³-hybridized carbons (Fsp3) is 0.643. The molecule has 8 atom stereocenters. The van der Waals surface area contributed by atoms with E-state index in [0.29, 0.717) is 36.6 Å². The van der Waals surface area contributed by atoms with Gasteiger partial charge in [-0.2, -0.15) is 0 Å². The van der Waals surface area contributed by atoms with Crippen LogP contribution in [0.3, 0.4) is 0 Å². The lowest BCUT2D eigenvalue weighted by atomic mass is 9.63. The molecular formula is C42H59ClN4O5S. The maximum atomic E-state index is 13.7. The average molecular weight is 767 g/mol. The molecular weight excluding hydrogens is 708 g/mol. The van der Waals surface area contributed by atoms with E-state index < -0.39 is 26.8 Å². The number of sulfonamides is 1. The van der Waals surface area contributed by atoms with E-state index in [-0.39, 0.29) is 17.3 Å². The number of hydrogen-bond acceptors (Lipinski definition) is 8. The molecule has 1 spiro atoms. The van der Waals surface area contributed by atoms with Gasteiger partial charge in [-0.3, -0.25) is 14.6 Å². The minimum absolute atomic E-state index is 0.218. The number of ether oxygens (including phenoxy) is 2. The Balaban J connectivity index is 1.30. The van der Waals surface area contributed by atoms with Crippen LogP contribution in [-0.4, -0.2) is 100 Å². The molecule has 53 heavy (non-hydrogen) atoms. The van der Waals surface area contributed by atoms with E-state index >= 15 is 0 Å². The monoisotopic (exact) mass is 766 g/mol. The Labute approximate surface area is 322 Å². The first-order valence-corrected chi connectivity index (χ1v) is 21.8. The number of amides is 1. The van der Waals surface area contributed by atoms with E-state index in [1.807, 2.05) is 32.2 Å². The second kappa shape index (κ2) is 15.1. The van der Waals surface area contributed by atoms with Gasteiger partial charge in [-0.25, -0.2) is 13.1 Å². The summed E-state index contributed by atoms with van der Waals surface area (Å²) in [4.78, 5) is 21.3. The number of anilines is 1. The van der Waals surface area contributed by atoms with Gasteiger partial charge in [0.1, 0.15) is 11.4 Å². The Kier molecular flexibility index (Phi) is 11.0. The van der Waals surface area contributed by atoms with Crippen molar-refractivity contribution in [2.45, 2.75) is 101 Å². The van der Waals surface area contributed by atoms with E-state index in [2.05, 4.69) is 64.5 Å². The Hall–Kier alpha value is -2.63. The van der Waals surface area contributed by atoms with Crippen molar-refractivity contribution >= 4 is 33.2 Å². The number of methoxy groups -OCH3 is 1. The van der Waals surface area contributed by atoms with Crippen molar-refractivity contribution in [2.75, 3.05) is 57.9 Å². The van der Waals surface area contributed by atoms with Crippen molar-refractivity contribution in [1.82, 2.24) is 14.5 Å². The molecule has 1 saturated carbocycles. The second-order valence-corrected chi connectivity index (χ2v) is 19.4. The number of piperazine rings is 1. The van der Waals surface area contributed by atoms with Crippen LogP contribution in [0.4, 0.5) is 5.69 Å². The summed E-state index contributed by atoms with van der Waals surface area (Å²) in [6.07, 6.45) is 10.1. The fourth-order valence-electron chi connectivity index (χ4n) is 10.4. The van der Waals surface area contributed by atoms with Crippen LogP contribution in [-0.2, 0) is 26.6 Å². The van der Waals surface area contributed by atoms with Crippen molar-refractivity contribution in [3.63, 3.8) is 0 Å². The first-order valence-electron chi connectivity index (χ1n) is 19.9. The summed E-state index contributed by atoms with van der Waals surface area (Å²) in [6.45, 7) is 16.3. The number of allylic oxidation sites excluding steroid dienone is 1. The highest BCUT2D eigenvalue weighted by atomic mass is 35.5. The van der Waals surface area contributed by atoms with Crippen LogP contribution in [0, 0.1) is 17.8 Å². The quantitative estimate of drug-likeness (QED) is 0.345. The standard InChI is InChI=1S/C42H59ClN4O5S/c1-7-47-29(3)22-45(23-30(47)4)26-42(51-6)19-8-10-28(2)31(5)53(49,50)44-40(48)33-13-17-39-38(21-33)46(24-34-12-15-37(34)42)25-41(27-52-39)18-9-11-32-20-35(43)14-16-36(32)41/h8,13-14,16-17,19-21,28-31,34,37H,7,9-12,15,18,22-27H2,1-6H3,(H,44,48)/b19-8-/t28-,29-,30+,31+,34-,37+,41-,42-/m0/s1. The molecule has 0 aromatic heterocycles. The number of fused-ring (bicyclic) bond motifs is 4. The first-order chi connectivity index (χ1) is 25.3. The minimum Gasteiger partial charge on any atom is -0.490 e. The molecule has 5 aliphatic rings. The van der Waals surface area contributed by atoms with Crippen LogP contribution in [0.5, 0.6) is 5.75 Å². The summed E-state index contributed by atoms with van der Waals surface area (Å²) in [5, 5.41) is -0.0271. The molecule has 0 unspecified atom stereocenters. The highest BCUT2D eigenvalue weighted by molar-refractivity contribution is 7.90. The largest absolute Gasteiger partial charge is 0.490 e. The van der Waals surface area contributed by atoms with Gasteiger partial charge in [0.15, 0.2) is 0 Å². The number of likely N-dealkylation sites (N-methyl/N-ethyl adjacent to an activating group) is 1. The summed E-state index contributed by atoms with van der Waals surface area (Å²) in [5.74, 6) is 0.485. The van der Waals surface area contributed by atoms with Crippen LogP contribution in [0.15, 0.2) is 48.6 Å². The molecule has 9 nitrogen and oxygen atoms in total. The molecule has 2 bridgehead atoms. The van der Waals surface area contributed by atoms with Crippen LogP contribution < -0.4 is 14.4 Å². The zero-order chi connectivity index (χ0) is 37.7. The van der Waals surface area contributed by atoms with Gasteiger partial charge in [0.2, 0.25) is 10.0 Å². The molecule has 290 valence electrons. The Morgan fingerprint density at radius 2 is 1.81 bits per heavy atom. The zero-order valence-electron chi connectivity index (χ0n) is 32.4. The van der Waals surface area contributed by atoms with Gasteiger partial charge >= 0.3 is 0 Å².